The number of anilines is 3. The Morgan fingerprint density at radius 2 is 1.28 bits per heavy atom. The van der Waals surface area contributed by atoms with E-state index in [4.69, 9.17) is 14.9 Å². The highest BCUT2D eigenvalue weighted by Gasteiger charge is 2.27. The van der Waals surface area contributed by atoms with Crippen molar-refractivity contribution in [2.24, 2.45) is 0 Å². The van der Waals surface area contributed by atoms with Gasteiger partial charge in [-0.2, -0.15) is 0 Å². The number of methoxy groups -OCH3 is 1. The number of pyridine rings is 2. The summed E-state index contributed by atoms with van der Waals surface area (Å²) in [6.45, 7) is 3.86. The summed E-state index contributed by atoms with van der Waals surface area (Å²) in [7, 11) is 1.21. The average Bonchev–Trinajstić information content (AvgIpc) is 3.27. The lowest BCUT2D eigenvalue weighted by molar-refractivity contribution is 0.0597. The second-order valence-corrected chi connectivity index (χ2v) is 13.4. The number of nitrogens with zero attached hydrogens (tertiary/aromatic N) is 2. The zero-order valence-corrected chi connectivity index (χ0v) is 32.9. The van der Waals surface area contributed by atoms with Crippen LogP contribution in [0.5, 0.6) is 0 Å². The molecule has 0 saturated heterocycles. The number of hydrogen-bond acceptors (Lipinski definition) is 12. The molecule has 61 heavy (non-hydrogen) atoms. The lowest BCUT2D eigenvalue weighted by atomic mass is 9.87. The SMILES string of the molecule is CC.COC(=O)c1ccc(C(=O)O)c(-c2c3ccc(=O)c(CNc4cccc5ccc(C(=O)O)nc45)c-3oc3c(CNc4cccc5ccc(C(=O)O)nc45)c(N)ccc23)c1. The van der Waals surface area contributed by atoms with E-state index in [0.717, 1.165) is 0 Å². The van der Waals surface area contributed by atoms with Gasteiger partial charge in [0, 0.05) is 51.6 Å². The number of nitrogens with one attached hydrogen (secondary N) is 2. The molecule has 0 radical (unpaired) electrons. The Bertz CT molecular complexity index is 3110. The maximum atomic E-state index is 13.8. The molecule has 15 heteroatoms. The van der Waals surface area contributed by atoms with Crippen LogP contribution in [0.15, 0.2) is 112 Å². The maximum absolute atomic E-state index is 13.8. The number of rotatable bonds is 11. The first-order chi connectivity index (χ1) is 29.4. The van der Waals surface area contributed by atoms with Crippen molar-refractivity contribution < 1.29 is 43.7 Å². The number of esters is 1. The minimum Gasteiger partial charge on any atom is -0.478 e. The van der Waals surface area contributed by atoms with Crippen molar-refractivity contribution in [1.29, 1.82) is 0 Å². The molecule has 0 spiro atoms. The van der Waals surface area contributed by atoms with Gasteiger partial charge in [0.25, 0.3) is 0 Å². The van der Waals surface area contributed by atoms with Gasteiger partial charge in [-0.15, -0.1) is 0 Å². The average molecular weight is 820 g/mol. The summed E-state index contributed by atoms with van der Waals surface area (Å²) in [6, 6.07) is 26.8. The molecule has 1 aliphatic carbocycles. The summed E-state index contributed by atoms with van der Waals surface area (Å²) in [6.07, 6.45) is 0. The number of ether oxygens (including phenoxy) is 1. The fourth-order valence-corrected chi connectivity index (χ4v) is 7.13. The van der Waals surface area contributed by atoms with E-state index in [1.807, 2.05) is 13.8 Å². The first-order valence-corrected chi connectivity index (χ1v) is 18.9. The molecule has 15 nitrogen and oxygen atoms in total. The molecule has 1 aliphatic heterocycles. The van der Waals surface area contributed by atoms with Crippen LogP contribution in [-0.4, -0.2) is 56.3 Å². The number of hydrogen-bond donors (Lipinski definition) is 6. The van der Waals surface area contributed by atoms with E-state index in [1.165, 1.54) is 49.6 Å². The highest BCUT2D eigenvalue weighted by Crippen LogP contribution is 2.45. The molecular formula is C46H37N5O10. The minimum absolute atomic E-state index is 0.00192. The Balaban J connectivity index is 0.00000277. The molecule has 0 bridgehead atoms. The topological polar surface area (TPSA) is 244 Å². The number of carbonyl (C=O) groups excluding carboxylic acids is 1. The lowest BCUT2D eigenvalue weighted by Gasteiger charge is -2.22. The Hall–Kier alpha value is -8.33. The molecule has 8 rings (SSSR count). The molecule has 7 N–H and O–H groups in total. The minimum atomic E-state index is -1.29. The van der Waals surface area contributed by atoms with Gasteiger partial charge in [0.1, 0.15) is 22.7 Å². The number of nitrogen functional groups attached to an aromatic ring is 1. The van der Waals surface area contributed by atoms with Crippen molar-refractivity contribution in [3.05, 3.63) is 147 Å². The summed E-state index contributed by atoms with van der Waals surface area (Å²) >= 11 is 0. The van der Waals surface area contributed by atoms with Gasteiger partial charge in [-0.1, -0.05) is 50.2 Å². The van der Waals surface area contributed by atoms with E-state index in [2.05, 4.69) is 20.6 Å². The second kappa shape index (κ2) is 16.9. The summed E-state index contributed by atoms with van der Waals surface area (Å²) in [5, 5.41) is 37.9. The summed E-state index contributed by atoms with van der Waals surface area (Å²) in [5.41, 5.74) is 9.27. The number of nitrogens with two attached hydrogens (primary N) is 1. The van der Waals surface area contributed by atoms with Crippen molar-refractivity contribution in [2.75, 3.05) is 23.5 Å². The summed E-state index contributed by atoms with van der Waals surface area (Å²) < 4.78 is 11.7. The van der Waals surface area contributed by atoms with E-state index in [1.54, 1.807) is 60.7 Å². The Morgan fingerprint density at radius 3 is 1.84 bits per heavy atom. The summed E-state index contributed by atoms with van der Waals surface area (Å²) in [5.74, 6) is -4.31. The molecule has 2 aromatic heterocycles. The molecular weight excluding hydrogens is 783 g/mol. The van der Waals surface area contributed by atoms with Crippen LogP contribution in [0, 0.1) is 0 Å². The number of aromatic nitrogens is 2. The molecule has 2 aliphatic rings. The Kier molecular flexibility index (Phi) is 11.3. The molecule has 3 heterocycles. The highest BCUT2D eigenvalue weighted by molar-refractivity contribution is 6.10. The van der Waals surface area contributed by atoms with Gasteiger partial charge in [0.05, 0.1) is 46.2 Å². The van der Waals surface area contributed by atoms with Gasteiger partial charge in [0.15, 0.2) is 5.43 Å². The van der Waals surface area contributed by atoms with E-state index in [0.29, 0.717) is 55.3 Å². The van der Waals surface area contributed by atoms with Crippen LogP contribution in [0.4, 0.5) is 17.1 Å². The first kappa shape index (κ1) is 40.9. The van der Waals surface area contributed by atoms with Crippen LogP contribution in [0.1, 0.15) is 66.7 Å². The summed E-state index contributed by atoms with van der Waals surface area (Å²) in [4.78, 5) is 71.6. The third-order valence-corrected chi connectivity index (χ3v) is 9.99. The van der Waals surface area contributed by atoms with Crippen molar-refractivity contribution in [3.63, 3.8) is 0 Å². The van der Waals surface area contributed by atoms with Crippen molar-refractivity contribution in [2.45, 2.75) is 26.9 Å². The van der Waals surface area contributed by atoms with Gasteiger partial charge in [-0.05, 0) is 72.3 Å². The molecule has 6 aromatic rings. The smallest absolute Gasteiger partial charge is 0.354 e. The highest BCUT2D eigenvalue weighted by atomic mass is 16.5. The zero-order valence-electron chi connectivity index (χ0n) is 32.9. The third-order valence-electron chi connectivity index (χ3n) is 9.99. The Morgan fingerprint density at radius 1 is 0.689 bits per heavy atom. The molecule has 306 valence electrons. The van der Waals surface area contributed by atoms with E-state index < -0.39 is 29.3 Å². The van der Waals surface area contributed by atoms with Crippen LogP contribution in [-0.2, 0) is 17.8 Å². The van der Waals surface area contributed by atoms with Gasteiger partial charge >= 0.3 is 23.9 Å². The quantitative estimate of drug-likeness (QED) is 0.0408. The zero-order chi connectivity index (χ0) is 43.5. The number of para-hydroxylation sites is 2. The van der Waals surface area contributed by atoms with Crippen molar-refractivity contribution >= 4 is 73.7 Å². The molecule has 0 atom stereocenters. The Labute approximate surface area is 346 Å². The fourth-order valence-electron chi connectivity index (χ4n) is 7.13. The molecule has 4 aromatic carbocycles. The van der Waals surface area contributed by atoms with Gasteiger partial charge in [0.2, 0.25) is 0 Å². The normalized spacial score (nSPS) is 10.9. The fraction of sp³-hybridized carbons (Fsp3) is 0.109. The second-order valence-electron chi connectivity index (χ2n) is 13.4. The van der Waals surface area contributed by atoms with E-state index in [9.17, 15) is 39.3 Å². The van der Waals surface area contributed by atoms with Crippen LogP contribution in [0.2, 0.25) is 0 Å². The van der Waals surface area contributed by atoms with E-state index >= 15 is 0 Å². The predicted octanol–water partition coefficient (Wildman–Crippen LogP) is 8.38. The molecule has 0 saturated carbocycles. The van der Waals surface area contributed by atoms with Gasteiger partial charge in [-0.3, -0.25) is 4.79 Å². The van der Waals surface area contributed by atoms with Gasteiger partial charge < -0.3 is 40.8 Å². The van der Waals surface area contributed by atoms with E-state index in [-0.39, 0.29) is 63.8 Å². The number of aromatic carboxylic acids is 3. The number of fused-ring (bicyclic) bond motifs is 4. The maximum Gasteiger partial charge on any atom is 0.354 e. The first-order valence-electron chi connectivity index (χ1n) is 18.9. The van der Waals surface area contributed by atoms with Crippen LogP contribution >= 0.6 is 0 Å². The number of carboxylic acid groups (broad SMARTS) is 3. The standard InChI is InChI=1S/C44H31N5O10.C2H6/c1-58-44(57)23-8-11-24(41(51)52)27(18-23)36-25-12-14-30(45)28(19-46-31-6-2-4-21-9-15-33(42(53)54)48-37(21)31)39(25)59-40-26(36)13-17-35(50)29(40)20-47-32-7-3-5-22-10-16-34(43(55)56)49-38(22)32;1-2/h2-18,46-47H,19-20,45H2,1H3,(H,51,52)(H,53,54)(H,55,56);1-2H3. The van der Waals surface area contributed by atoms with Crippen LogP contribution < -0.4 is 21.8 Å². The van der Waals surface area contributed by atoms with Crippen molar-refractivity contribution in [1.82, 2.24) is 9.97 Å². The van der Waals surface area contributed by atoms with Crippen molar-refractivity contribution in [3.8, 4) is 22.5 Å². The number of benzene rings is 5. The molecule has 0 amide bonds. The largest absolute Gasteiger partial charge is 0.478 e. The molecule has 0 fully saturated rings. The van der Waals surface area contributed by atoms with Gasteiger partial charge in [-0.25, -0.2) is 29.1 Å². The third kappa shape index (κ3) is 7.70. The number of carboxylic acids is 3. The lowest BCUT2D eigenvalue weighted by Crippen LogP contribution is -2.16. The van der Waals surface area contributed by atoms with Crippen LogP contribution in [0.25, 0.3) is 55.2 Å². The predicted molar refractivity (Wildman–Crippen MR) is 231 cm³/mol. The monoisotopic (exact) mass is 819 g/mol. The molecule has 0 unspecified atom stereocenters. The number of carbonyl (C=O) groups is 4. The van der Waals surface area contributed by atoms with Crippen LogP contribution in [0.3, 0.4) is 0 Å².